The van der Waals surface area contributed by atoms with E-state index in [-0.39, 0.29) is 29.8 Å². The van der Waals surface area contributed by atoms with E-state index in [2.05, 4.69) is 15.7 Å². The molecule has 1 saturated carbocycles. The lowest BCUT2D eigenvalue weighted by Crippen LogP contribution is -2.38. The molecule has 0 saturated heterocycles. The van der Waals surface area contributed by atoms with Gasteiger partial charge in [0.25, 0.3) is 5.91 Å². The van der Waals surface area contributed by atoms with Crippen molar-refractivity contribution in [2.75, 3.05) is 5.32 Å². The van der Waals surface area contributed by atoms with Gasteiger partial charge >= 0.3 is 6.18 Å². The summed E-state index contributed by atoms with van der Waals surface area (Å²) in [5, 5.41) is 10.0. The van der Waals surface area contributed by atoms with E-state index >= 15 is 0 Å². The Bertz CT molecular complexity index is 828. The lowest BCUT2D eigenvalue weighted by atomic mass is 9.95. The van der Waals surface area contributed by atoms with E-state index in [0.717, 1.165) is 42.3 Å². The van der Waals surface area contributed by atoms with Crippen LogP contribution in [0.15, 0.2) is 36.5 Å². The van der Waals surface area contributed by atoms with E-state index in [0.29, 0.717) is 0 Å². The van der Waals surface area contributed by atoms with Gasteiger partial charge in [0.2, 0.25) is 0 Å². The zero-order valence-electron chi connectivity index (χ0n) is 15.4. The fourth-order valence-corrected chi connectivity index (χ4v) is 4.14. The van der Waals surface area contributed by atoms with Crippen molar-refractivity contribution in [2.24, 2.45) is 0 Å². The van der Waals surface area contributed by atoms with Crippen LogP contribution in [0.2, 0.25) is 0 Å². The second-order valence-corrected chi connectivity index (χ2v) is 7.56. The number of rotatable bonds is 3. The Morgan fingerprint density at radius 2 is 1.86 bits per heavy atom. The minimum absolute atomic E-state index is 0.0729. The molecule has 0 bridgehead atoms. The average molecular weight is 392 g/mol. The number of carbonyl (C=O) groups excluding carboxylic acids is 1. The zero-order chi connectivity index (χ0) is 19.7. The Morgan fingerprint density at radius 3 is 2.54 bits per heavy atom. The molecule has 1 aliphatic heterocycles. The van der Waals surface area contributed by atoms with Gasteiger partial charge in [0.1, 0.15) is 11.4 Å². The molecule has 28 heavy (non-hydrogen) atoms. The number of alkyl halides is 3. The molecule has 1 aliphatic carbocycles. The van der Waals surface area contributed by atoms with Crippen molar-refractivity contribution in [3.63, 3.8) is 0 Å². The Balaban J connectivity index is 1.64. The summed E-state index contributed by atoms with van der Waals surface area (Å²) in [5.41, 5.74) is 0.920. The first-order valence-electron chi connectivity index (χ1n) is 9.70. The van der Waals surface area contributed by atoms with Crippen molar-refractivity contribution in [3.05, 3.63) is 47.7 Å². The maximum atomic E-state index is 13.7. The smallest absolute Gasteiger partial charge is 0.363 e. The minimum atomic E-state index is -4.45. The summed E-state index contributed by atoms with van der Waals surface area (Å²) in [6.07, 6.45) is 1.69. The number of halogens is 3. The number of amides is 1. The summed E-state index contributed by atoms with van der Waals surface area (Å²) in [6, 6.07) is 6.75. The first-order chi connectivity index (χ1) is 13.4. The third-order valence-electron chi connectivity index (χ3n) is 5.63. The number of hydrogen-bond donors (Lipinski definition) is 2. The van der Waals surface area contributed by atoms with E-state index in [9.17, 15) is 18.0 Å². The molecule has 2 heterocycles. The fraction of sp³-hybridized carbons (Fsp3) is 0.500. The lowest BCUT2D eigenvalue weighted by Gasteiger charge is -2.34. The van der Waals surface area contributed by atoms with Gasteiger partial charge in [0.15, 0.2) is 6.04 Å². The van der Waals surface area contributed by atoms with Crippen LogP contribution in [0.3, 0.4) is 0 Å². The SMILES string of the molecule is O=C(NC1CCCCC1)c1cnn2c1NC(c1ccccc1)CC2C(F)(F)F. The van der Waals surface area contributed by atoms with Gasteiger partial charge in [0, 0.05) is 12.5 Å². The standard InChI is InChI=1S/C20H23F3N4O/c21-20(22,23)17-11-16(13-7-3-1-4-8-13)26-18-15(12-24-27(17)18)19(28)25-14-9-5-2-6-10-14/h1,3-4,7-8,12,14,16-17,26H,2,5-6,9-11H2,(H,25,28). The number of benzene rings is 1. The van der Waals surface area contributed by atoms with Crippen LogP contribution < -0.4 is 10.6 Å². The van der Waals surface area contributed by atoms with Crippen molar-refractivity contribution >= 4 is 11.7 Å². The van der Waals surface area contributed by atoms with Gasteiger partial charge in [-0.25, -0.2) is 4.68 Å². The first kappa shape index (κ1) is 18.8. The summed E-state index contributed by atoms with van der Waals surface area (Å²) in [6.45, 7) is 0. The van der Waals surface area contributed by atoms with E-state index in [1.807, 2.05) is 6.07 Å². The van der Waals surface area contributed by atoms with Crippen LogP contribution in [0.25, 0.3) is 0 Å². The lowest BCUT2D eigenvalue weighted by molar-refractivity contribution is -0.173. The molecule has 2 atom stereocenters. The van der Waals surface area contributed by atoms with Crippen molar-refractivity contribution in [1.82, 2.24) is 15.1 Å². The van der Waals surface area contributed by atoms with Crippen LogP contribution in [-0.2, 0) is 0 Å². The number of fused-ring (bicyclic) bond motifs is 1. The highest BCUT2D eigenvalue weighted by Gasteiger charge is 2.47. The number of hydrogen-bond acceptors (Lipinski definition) is 3. The maximum absolute atomic E-state index is 13.7. The Kier molecular flexibility index (Phi) is 5.03. The summed E-state index contributed by atoms with van der Waals surface area (Å²) in [7, 11) is 0. The van der Waals surface area contributed by atoms with Crippen molar-refractivity contribution in [1.29, 1.82) is 0 Å². The largest absolute Gasteiger partial charge is 0.410 e. The Morgan fingerprint density at radius 1 is 1.14 bits per heavy atom. The number of anilines is 1. The average Bonchev–Trinajstić information content (AvgIpc) is 3.12. The second-order valence-electron chi connectivity index (χ2n) is 7.56. The predicted octanol–water partition coefficient (Wildman–Crippen LogP) is 4.61. The van der Waals surface area contributed by atoms with E-state index < -0.39 is 18.3 Å². The Hall–Kier alpha value is -2.51. The van der Waals surface area contributed by atoms with Gasteiger partial charge in [0.05, 0.1) is 12.2 Å². The molecule has 5 nitrogen and oxygen atoms in total. The third kappa shape index (κ3) is 3.72. The number of nitrogens with one attached hydrogen (secondary N) is 2. The number of nitrogens with zero attached hydrogens (tertiary/aromatic N) is 2. The molecule has 1 amide bonds. The molecule has 2 aromatic rings. The van der Waals surface area contributed by atoms with Crippen LogP contribution in [0.4, 0.5) is 19.0 Å². The van der Waals surface area contributed by atoms with Crippen LogP contribution in [-0.4, -0.2) is 27.9 Å². The highest BCUT2D eigenvalue weighted by Crippen LogP contribution is 2.44. The third-order valence-corrected chi connectivity index (χ3v) is 5.63. The monoisotopic (exact) mass is 392 g/mol. The van der Waals surface area contributed by atoms with Crippen molar-refractivity contribution in [2.45, 2.75) is 62.8 Å². The molecule has 0 spiro atoms. The molecule has 2 aliphatic rings. The predicted molar refractivity (Wildman–Crippen MR) is 99.1 cm³/mol. The zero-order valence-corrected chi connectivity index (χ0v) is 15.4. The van der Waals surface area contributed by atoms with Crippen LogP contribution >= 0.6 is 0 Å². The van der Waals surface area contributed by atoms with Crippen molar-refractivity contribution in [3.8, 4) is 0 Å². The molecule has 1 fully saturated rings. The molecule has 0 radical (unpaired) electrons. The summed E-state index contributed by atoms with van der Waals surface area (Å²) in [4.78, 5) is 12.8. The minimum Gasteiger partial charge on any atom is -0.363 e. The van der Waals surface area contributed by atoms with Gasteiger partial charge < -0.3 is 10.6 Å². The maximum Gasteiger partial charge on any atom is 0.410 e. The molecule has 2 unspecified atom stereocenters. The van der Waals surface area contributed by atoms with Crippen LogP contribution in [0.5, 0.6) is 0 Å². The Labute approximate surface area is 161 Å². The molecule has 1 aromatic heterocycles. The summed E-state index contributed by atoms with van der Waals surface area (Å²) < 4.78 is 42.0. The highest BCUT2D eigenvalue weighted by atomic mass is 19.4. The van der Waals surface area contributed by atoms with Crippen LogP contribution in [0.1, 0.15) is 66.5 Å². The first-order valence-corrected chi connectivity index (χ1v) is 9.70. The van der Waals surface area contributed by atoms with Gasteiger partial charge in [-0.15, -0.1) is 0 Å². The molecule has 150 valence electrons. The highest BCUT2D eigenvalue weighted by molar-refractivity contribution is 5.99. The molecule has 2 N–H and O–H groups in total. The van der Waals surface area contributed by atoms with E-state index in [1.165, 1.54) is 6.20 Å². The molecule has 1 aromatic carbocycles. The van der Waals surface area contributed by atoms with E-state index in [1.54, 1.807) is 24.3 Å². The van der Waals surface area contributed by atoms with Crippen molar-refractivity contribution < 1.29 is 18.0 Å². The normalized spacial score (nSPS) is 23.0. The van der Waals surface area contributed by atoms with Gasteiger partial charge in [-0.05, 0) is 18.4 Å². The molecule has 4 rings (SSSR count). The second kappa shape index (κ2) is 7.48. The molecular formula is C20H23F3N4O. The quantitative estimate of drug-likeness (QED) is 0.802. The number of carbonyl (C=O) groups is 1. The van der Waals surface area contributed by atoms with Crippen LogP contribution in [0, 0.1) is 0 Å². The molecule has 8 heteroatoms. The fourth-order valence-electron chi connectivity index (χ4n) is 4.14. The summed E-state index contributed by atoms with van der Waals surface area (Å²) >= 11 is 0. The summed E-state index contributed by atoms with van der Waals surface area (Å²) in [5.74, 6) is -0.231. The molecular weight excluding hydrogens is 369 g/mol. The van der Waals surface area contributed by atoms with Gasteiger partial charge in [-0.1, -0.05) is 49.6 Å². The number of aromatic nitrogens is 2. The van der Waals surface area contributed by atoms with Gasteiger partial charge in [-0.2, -0.15) is 18.3 Å². The van der Waals surface area contributed by atoms with E-state index in [4.69, 9.17) is 0 Å². The topological polar surface area (TPSA) is 59.0 Å². The van der Waals surface area contributed by atoms with Gasteiger partial charge in [-0.3, -0.25) is 4.79 Å².